The van der Waals surface area contributed by atoms with Crippen LogP contribution in [0.25, 0.3) is 11.1 Å². The summed E-state index contributed by atoms with van der Waals surface area (Å²) in [6, 6.07) is 17.3. The standard InChI is InChI=1S/C16H16Cl/c1-16(2,3)13-10-7-11-14(17)15(13)12-8-5-4-6-9-12/h4-10H,1-3H3. The predicted octanol–water partition coefficient (Wildman–Crippen LogP) is 5.10. The fourth-order valence-corrected chi connectivity index (χ4v) is 2.26. The molecule has 87 valence electrons. The van der Waals surface area contributed by atoms with E-state index in [4.69, 9.17) is 11.6 Å². The molecule has 0 bridgehead atoms. The third kappa shape index (κ3) is 2.53. The first kappa shape index (κ1) is 12.2. The van der Waals surface area contributed by atoms with Crippen LogP contribution in [0.4, 0.5) is 0 Å². The van der Waals surface area contributed by atoms with Crippen LogP contribution in [-0.4, -0.2) is 0 Å². The summed E-state index contributed by atoms with van der Waals surface area (Å²) in [5, 5.41) is 0.698. The molecule has 17 heavy (non-hydrogen) atoms. The molecular weight excluding hydrogens is 228 g/mol. The largest absolute Gasteiger partial charge is 0.0830 e. The molecule has 0 heterocycles. The van der Waals surface area contributed by atoms with Gasteiger partial charge in [0, 0.05) is 11.6 Å². The highest BCUT2D eigenvalue weighted by atomic mass is 35.5. The van der Waals surface area contributed by atoms with Gasteiger partial charge in [-0.3, -0.25) is 0 Å². The van der Waals surface area contributed by atoms with E-state index in [1.54, 1.807) is 0 Å². The van der Waals surface area contributed by atoms with Crippen LogP contribution in [0.3, 0.4) is 0 Å². The SMILES string of the molecule is CC(C)(C)c1cc[c]c(Cl)c1-c1ccccc1. The molecule has 0 nitrogen and oxygen atoms in total. The highest BCUT2D eigenvalue weighted by molar-refractivity contribution is 6.33. The highest BCUT2D eigenvalue weighted by Crippen LogP contribution is 2.37. The molecule has 0 saturated heterocycles. The molecule has 0 N–H and O–H groups in total. The van der Waals surface area contributed by atoms with E-state index in [1.165, 1.54) is 5.56 Å². The van der Waals surface area contributed by atoms with Gasteiger partial charge in [-0.2, -0.15) is 0 Å². The second-order valence-electron chi connectivity index (χ2n) is 5.20. The van der Waals surface area contributed by atoms with Crippen molar-refractivity contribution in [2.24, 2.45) is 0 Å². The van der Waals surface area contributed by atoms with Crippen molar-refractivity contribution in [2.75, 3.05) is 0 Å². The molecule has 0 aliphatic heterocycles. The highest BCUT2D eigenvalue weighted by Gasteiger charge is 2.20. The van der Waals surface area contributed by atoms with Gasteiger partial charge in [0.2, 0.25) is 0 Å². The molecule has 0 atom stereocenters. The van der Waals surface area contributed by atoms with E-state index in [-0.39, 0.29) is 5.41 Å². The average molecular weight is 244 g/mol. The van der Waals surface area contributed by atoms with Crippen molar-refractivity contribution in [1.29, 1.82) is 0 Å². The Labute approximate surface area is 108 Å². The summed E-state index contributed by atoms with van der Waals surface area (Å²) >= 11 is 6.31. The molecule has 2 aromatic carbocycles. The Kier molecular flexibility index (Phi) is 3.26. The van der Waals surface area contributed by atoms with Crippen molar-refractivity contribution >= 4 is 11.6 Å². The van der Waals surface area contributed by atoms with Gasteiger partial charge in [0.05, 0.1) is 5.02 Å². The summed E-state index contributed by atoms with van der Waals surface area (Å²) in [5.74, 6) is 0. The number of benzene rings is 2. The lowest BCUT2D eigenvalue weighted by Gasteiger charge is -2.23. The van der Waals surface area contributed by atoms with Crippen LogP contribution in [0.5, 0.6) is 0 Å². The molecule has 0 unspecified atom stereocenters. The Morgan fingerprint density at radius 1 is 1.00 bits per heavy atom. The van der Waals surface area contributed by atoms with Crippen LogP contribution in [-0.2, 0) is 5.41 Å². The summed E-state index contributed by atoms with van der Waals surface area (Å²) in [6.07, 6.45) is 0. The average Bonchev–Trinajstić information content (AvgIpc) is 2.28. The first-order valence-corrected chi connectivity index (χ1v) is 6.14. The van der Waals surface area contributed by atoms with Gasteiger partial charge in [0.25, 0.3) is 0 Å². The van der Waals surface area contributed by atoms with Gasteiger partial charge < -0.3 is 0 Å². The molecule has 0 aromatic heterocycles. The molecular formula is C16H16Cl. The Balaban J connectivity index is 2.69. The van der Waals surface area contributed by atoms with Gasteiger partial charge in [0.1, 0.15) is 0 Å². The minimum atomic E-state index is 0.0733. The minimum Gasteiger partial charge on any atom is -0.0830 e. The molecule has 0 aliphatic carbocycles. The number of hydrogen-bond donors (Lipinski definition) is 0. The van der Waals surface area contributed by atoms with Crippen LogP contribution in [0, 0.1) is 6.07 Å². The zero-order valence-electron chi connectivity index (χ0n) is 10.4. The first-order valence-electron chi connectivity index (χ1n) is 5.76. The van der Waals surface area contributed by atoms with Crippen LogP contribution >= 0.6 is 11.6 Å². The normalized spacial score (nSPS) is 11.5. The Morgan fingerprint density at radius 3 is 2.24 bits per heavy atom. The van der Waals surface area contributed by atoms with E-state index < -0.39 is 0 Å². The van der Waals surface area contributed by atoms with Crippen LogP contribution in [0.15, 0.2) is 42.5 Å². The zero-order chi connectivity index (χ0) is 12.5. The van der Waals surface area contributed by atoms with Gasteiger partial charge in [-0.15, -0.1) is 0 Å². The van der Waals surface area contributed by atoms with Crippen molar-refractivity contribution in [3.8, 4) is 11.1 Å². The monoisotopic (exact) mass is 243 g/mol. The fourth-order valence-electron chi connectivity index (χ4n) is 1.98. The third-order valence-corrected chi connectivity index (χ3v) is 3.12. The molecule has 0 saturated carbocycles. The van der Waals surface area contributed by atoms with Crippen molar-refractivity contribution in [3.63, 3.8) is 0 Å². The molecule has 1 heteroatoms. The first-order chi connectivity index (χ1) is 8.00. The van der Waals surface area contributed by atoms with E-state index in [2.05, 4.69) is 45.0 Å². The summed E-state index contributed by atoms with van der Waals surface area (Å²) in [4.78, 5) is 0. The second kappa shape index (κ2) is 4.54. The molecule has 2 aromatic rings. The lowest BCUT2D eigenvalue weighted by molar-refractivity contribution is 0.592. The Hall–Kier alpha value is -1.27. The summed E-state index contributed by atoms with van der Waals surface area (Å²) in [5.41, 5.74) is 3.58. The van der Waals surface area contributed by atoms with Crippen LogP contribution in [0.1, 0.15) is 26.3 Å². The molecule has 0 amide bonds. The van der Waals surface area contributed by atoms with E-state index >= 15 is 0 Å². The van der Waals surface area contributed by atoms with E-state index in [1.807, 2.05) is 24.3 Å². The lowest BCUT2D eigenvalue weighted by atomic mass is 9.82. The maximum absolute atomic E-state index is 6.31. The summed E-state index contributed by atoms with van der Waals surface area (Å²) in [7, 11) is 0. The van der Waals surface area contributed by atoms with Gasteiger partial charge in [-0.1, -0.05) is 74.8 Å². The van der Waals surface area contributed by atoms with Crippen molar-refractivity contribution < 1.29 is 0 Å². The number of halogens is 1. The molecule has 2 rings (SSSR count). The maximum atomic E-state index is 6.31. The van der Waals surface area contributed by atoms with Gasteiger partial charge in [0.15, 0.2) is 0 Å². The van der Waals surface area contributed by atoms with E-state index in [0.29, 0.717) is 5.02 Å². The minimum absolute atomic E-state index is 0.0733. The topological polar surface area (TPSA) is 0 Å². The number of rotatable bonds is 1. The molecule has 0 spiro atoms. The van der Waals surface area contributed by atoms with Crippen LogP contribution in [0.2, 0.25) is 5.02 Å². The van der Waals surface area contributed by atoms with Crippen molar-refractivity contribution in [1.82, 2.24) is 0 Å². The quantitative estimate of drug-likeness (QED) is 0.653. The van der Waals surface area contributed by atoms with Gasteiger partial charge in [-0.05, 0) is 16.5 Å². The summed E-state index contributed by atoms with van der Waals surface area (Å²) < 4.78 is 0. The molecule has 0 aliphatic rings. The van der Waals surface area contributed by atoms with E-state index in [0.717, 1.165) is 11.1 Å². The summed E-state index contributed by atoms with van der Waals surface area (Å²) in [6.45, 7) is 6.60. The Bertz CT molecular complexity index is 507. The third-order valence-electron chi connectivity index (χ3n) is 2.82. The smallest absolute Gasteiger partial charge is 0.0566 e. The lowest BCUT2D eigenvalue weighted by Crippen LogP contribution is -2.12. The maximum Gasteiger partial charge on any atom is 0.0566 e. The predicted molar refractivity (Wildman–Crippen MR) is 74.4 cm³/mol. The van der Waals surface area contributed by atoms with Gasteiger partial charge >= 0.3 is 0 Å². The second-order valence-corrected chi connectivity index (χ2v) is 5.57. The van der Waals surface area contributed by atoms with Gasteiger partial charge in [-0.25, -0.2) is 0 Å². The van der Waals surface area contributed by atoms with Crippen molar-refractivity contribution in [3.05, 3.63) is 59.1 Å². The fraction of sp³-hybridized carbons (Fsp3) is 0.250. The van der Waals surface area contributed by atoms with Crippen LogP contribution < -0.4 is 0 Å². The zero-order valence-corrected chi connectivity index (χ0v) is 11.2. The molecule has 1 radical (unpaired) electrons. The Morgan fingerprint density at radius 2 is 1.65 bits per heavy atom. The number of hydrogen-bond acceptors (Lipinski definition) is 0. The molecule has 0 fully saturated rings. The van der Waals surface area contributed by atoms with E-state index in [9.17, 15) is 0 Å². The van der Waals surface area contributed by atoms with Crippen molar-refractivity contribution in [2.45, 2.75) is 26.2 Å².